The molecule has 118 valence electrons. The maximum atomic E-state index is 4.87. The lowest BCUT2D eigenvalue weighted by Gasteiger charge is -2.46. The molecule has 3 aromatic rings. The lowest BCUT2D eigenvalue weighted by atomic mass is 9.80. The monoisotopic (exact) mass is 312 g/mol. The molecule has 0 fully saturated rings. The number of amidine groups is 1. The highest BCUT2D eigenvalue weighted by molar-refractivity contribution is 6.02. The van der Waals surface area contributed by atoms with Gasteiger partial charge in [-0.2, -0.15) is 0 Å². The molecule has 3 aromatic carbocycles. The highest BCUT2D eigenvalue weighted by Gasteiger charge is 2.41. The highest BCUT2D eigenvalue weighted by atomic mass is 15.3. The van der Waals surface area contributed by atoms with Crippen LogP contribution in [-0.4, -0.2) is 5.84 Å². The summed E-state index contributed by atoms with van der Waals surface area (Å²) in [4.78, 5) is 7.21. The number of anilines is 1. The first-order chi connectivity index (χ1) is 11.7. The first-order valence-electron chi connectivity index (χ1n) is 8.27. The number of para-hydroxylation sites is 2. The van der Waals surface area contributed by atoms with Gasteiger partial charge >= 0.3 is 0 Å². The van der Waals surface area contributed by atoms with Crippen LogP contribution in [0.25, 0.3) is 0 Å². The number of hydrogen-bond acceptors (Lipinski definition) is 2. The molecular weight excluding hydrogens is 292 g/mol. The van der Waals surface area contributed by atoms with Crippen LogP contribution in [0.4, 0.5) is 11.4 Å². The number of benzene rings is 3. The molecule has 1 atom stereocenters. The van der Waals surface area contributed by atoms with Gasteiger partial charge in [-0.25, -0.2) is 4.99 Å². The largest absolute Gasteiger partial charge is 0.316 e. The van der Waals surface area contributed by atoms with Gasteiger partial charge in [0.05, 0.1) is 11.2 Å². The van der Waals surface area contributed by atoms with Crippen molar-refractivity contribution in [2.45, 2.75) is 19.4 Å². The topological polar surface area (TPSA) is 15.6 Å². The van der Waals surface area contributed by atoms with E-state index in [1.54, 1.807) is 0 Å². The van der Waals surface area contributed by atoms with Crippen LogP contribution in [0.3, 0.4) is 0 Å². The van der Waals surface area contributed by atoms with Crippen LogP contribution >= 0.6 is 0 Å². The van der Waals surface area contributed by atoms with Crippen molar-refractivity contribution < 1.29 is 0 Å². The number of rotatable bonds is 2. The van der Waals surface area contributed by atoms with E-state index in [4.69, 9.17) is 4.99 Å². The fourth-order valence-electron chi connectivity index (χ4n) is 3.72. The average Bonchev–Trinajstić information content (AvgIpc) is 2.63. The number of aliphatic imine (C=N–C) groups is 1. The highest BCUT2D eigenvalue weighted by Crippen LogP contribution is 2.45. The molecule has 0 spiro atoms. The van der Waals surface area contributed by atoms with E-state index < -0.39 is 0 Å². The minimum atomic E-state index is -0.301. The quantitative estimate of drug-likeness (QED) is 0.608. The summed E-state index contributed by atoms with van der Waals surface area (Å²) < 4.78 is 0. The molecule has 2 heteroatoms. The van der Waals surface area contributed by atoms with E-state index in [2.05, 4.69) is 97.6 Å². The maximum Gasteiger partial charge on any atom is 0.107 e. The van der Waals surface area contributed by atoms with Crippen molar-refractivity contribution in [2.75, 3.05) is 4.90 Å². The third-order valence-electron chi connectivity index (χ3n) is 4.83. The molecule has 0 aliphatic carbocycles. The van der Waals surface area contributed by atoms with Gasteiger partial charge in [0, 0.05) is 11.3 Å². The first-order valence-corrected chi connectivity index (χ1v) is 8.27. The van der Waals surface area contributed by atoms with Crippen molar-refractivity contribution >= 4 is 17.2 Å². The van der Waals surface area contributed by atoms with Gasteiger partial charge in [0.2, 0.25) is 0 Å². The lowest BCUT2D eigenvalue weighted by Crippen LogP contribution is -2.49. The summed E-state index contributed by atoms with van der Waals surface area (Å²) in [6.07, 6.45) is 0. The Morgan fingerprint density at radius 3 is 2.04 bits per heavy atom. The first kappa shape index (κ1) is 14.7. The molecule has 1 aliphatic rings. The summed E-state index contributed by atoms with van der Waals surface area (Å²) in [7, 11) is 0. The van der Waals surface area contributed by atoms with Gasteiger partial charge in [-0.05, 0) is 37.6 Å². The summed E-state index contributed by atoms with van der Waals surface area (Å²) >= 11 is 0. The van der Waals surface area contributed by atoms with Gasteiger partial charge < -0.3 is 4.90 Å². The van der Waals surface area contributed by atoms with E-state index in [-0.39, 0.29) is 5.54 Å². The minimum absolute atomic E-state index is 0.301. The molecule has 0 aromatic heterocycles. The summed E-state index contributed by atoms with van der Waals surface area (Å²) in [6.45, 7) is 4.37. The molecule has 1 unspecified atom stereocenters. The zero-order chi connectivity index (χ0) is 16.6. The molecule has 0 radical (unpaired) electrons. The van der Waals surface area contributed by atoms with Crippen LogP contribution in [0, 0.1) is 0 Å². The van der Waals surface area contributed by atoms with E-state index in [1.165, 1.54) is 11.1 Å². The molecule has 2 nitrogen and oxygen atoms in total. The summed E-state index contributed by atoms with van der Waals surface area (Å²) in [5.41, 5.74) is 4.39. The fraction of sp³-hybridized carbons (Fsp3) is 0.136. The zero-order valence-corrected chi connectivity index (χ0v) is 14.0. The molecule has 0 amide bonds. The van der Waals surface area contributed by atoms with Gasteiger partial charge in [0.15, 0.2) is 0 Å². The van der Waals surface area contributed by atoms with Crippen LogP contribution in [0.5, 0.6) is 0 Å². The second-order valence-electron chi connectivity index (χ2n) is 6.29. The van der Waals surface area contributed by atoms with Gasteiger partial charge in [-0.15, -0.1) is 0 Å². The maximum absolute atomic E-state index is 4.87. The Morgan fingerprint density at radius 1 is 0.750 bits per heavy atom. The number of hydrogen-bond donors (Lipinski definition) is 0. The molecule has 1 heterocycles. The third kappa shape index (κ3) is 2.15. The SMILES string of the molecule is CC1=Nc2ccccc2C(C)(c2ccccc2)N1c1ccccc1. The number of nitrogens with zero attached hydrogens (tertiary/aromatic N) is 2. The summed E-state index contributed by atoms with van der Waals surface area (Å²) in [6, 6.07) is 29.6. The Hall–Kier alpha value is -2.87. The third-order valence-corrected chi connectivity index (χ3v) is 4.83. The fourth-order valence-corrected chi connectivity index (χ4v) is 3.72. The van der Waals surface area contributed by atoms with Gasteiger partial charge in [0.25, 0.3) is 0 Å². The molecule has 0 saturated carbocycles. The van der Waals surface area contributed by atoms with Crippen LogP contribution in [0.15, 0.2) is 89.9 Å². The smallest absolute Gasteiger partial charge is 0.107 e. The van der Waals surface area contributed by atoms with Crippen molar-refractivity contribution in [1.82, 2.24) is 0 Å². The van der Waals surface area contributed by atoms with Crippen molar-refractivity contribution in [1.29, 1.82) is 0 Å². The van der Waals surface area contributed by atoms with Crippen LogP contribution in [0.1, 0.15) is 25.0 Å². The summed E-state index contributed by atoms with van der Waals surface area (Å²) in [5.74, 6) is 1.01. The van der Waals surface area contributed by atoms with E-state index >= 15 is 0 Å². The normalized spacial score (nSPS) is 19.6. The Kier molecular flexibility index (Phi) is 3.46. The van der Waals surface area contributed by atoms with Crippen molar-refractivity contribution in [2.24, 2.45) is 4.99 Å². The van der Waals surface area contributed by atoms with Gasteiger partial charge in [-0.1, -0.05) is 66.7 Å². The predicted molar refractivity (Wildman–Crippen MR) is 101 cm³/mol. The number of fused-ring (bicyclic) bond motifs is 1. The average molecular weight is 312 g/mol. The molecule has 0 bridgehead atoms. The van der Waals surface area contributed by atoms with Crippen molar-refractivity contribution in [3.05, 3.63) is 96.1 Å². The molecular formula is C22H20N2. The second kappa shape index (κ2) is 5.64. The predicted octanol–water partition coefficient (Wildman–Crippen LogP) is 5.52. The molecule has 4 rings (SSSR count). The Balaban J connectivity index is 2.02. The molecule has 0 saturated heterocycles. The van der Waals surface area contributed by atoms with E-state index in [1.807, 2.05) is 6.07 Å². The Labute approximate surface area is 143 Å². The molecule has 24 heavy (non-hydrogen) atoms. The van der Waals surface area contributed by atoms with Crippen molar-refractivity contribution in [3.63, 3.8) is 0 Å². The Bertz CT molecular complexity index is 884. The molecule has 1 aliphatic heterocycles. The minimum Gasteiger partial charge on any atom is -0.316 e. The Morgan fingerprint density at radius 2 is 1.33 bits per heavy atom. The van der Waals surface area contributed by atoms with Crippen molar-refractivity contribution in [3.8, 4) is 0 Å². The summed E-state index contributed by atoms with van der Waals surface area (Å²) in [5, 5.41) is 0. The second-order valence-corrected chi connectivity index (χ2v) is 6.29. The van der Waals surface area contributed by atoms with Gasteiger partial charge in [0.1, 0.15) is 5.84 Å². The van der Waals surface area contributed by atoms with Crippen LogP contribution in [-0.2, 0) is 5.54 Å². The van der Waals surface area contributed by atoms with E-state index in [0.29, 0.717) is 0 Å². The van der Waals surface area contributed by atoms with Crippen LogP contribution < -0.4 is 4.90 Å². The van der Waals surface area contributed by atoms with Gasteiger partial charge in [-0.3, -0.25) is 0 Å². The van der Waals surface area contributed by atoms with Crippen LogP contribution in [0.2, 0.25) is 0 Å². The zero-order valence-electron chi connectivity index (χ0n) is 14.0. The standard InChI is InChI=1S/C22H20N2/c1-17-23-21-16-10-9-15-20(21)22(2,18-11-5-3-6-12-18)24(17)19-13-7-4-8-14-19/h3-16H,1-2H3. The van der Waals surface area contributed by atoms with E-state index in [0.717, 1.165) is 17.2 Å². The van der Waals surface area contributed by atoms with E-state index in [9.17, 15) is 0 Å². The lowest BCUT2D eigenvalue weighted by molar-refractivity contribution is 0.585. The molecule has 0 N–H and O–H groups in total.